The van der Waals surface area contributed by atoms with E-state index in [2.05, 4.69) is 19.9 Å². The van der Waals surface area contributed by atoms with Gasteiger partial charge in [-0.2, -0.15) is 0 Å². The molecule has 1 aliphatic carbocycles. The van der Waals surface area contributed by atoms with E-state index >= 15 is 0 Å². The van der Waals surface area contributed by atoms with Crippen LogP contribution in [-0.4, -0.2) is 69.1 Å². The molecule has 7 unspecified atom stereocenters. The Balaban J connectivity index is 1.88. The van der Waals surface area contributed by atoms with E-state index in [1.54, 1.807) is 0 Å². The van der Waals surface area contributed by atoms with Crippen LogP contribution in [0.1, 0.15) is 33.6 Å². The minimum atomic E-state index is -2.16. The lowest BCUT2D eigenvalue weighted by Gasteiger charge is -2.57. The van der Waals surface area contributed by atoms with Gasteiger partial charge in [-0.3, -0.25) is 0 Å². The first-order valence-electron chi connectivity index (χ1n) is 8.10. The van der Waals surface area contributed by atoms with Crippen molar-refractivity contribution in [2.45, 2.75) is 75.7 Å². The molecule has 7 nitrogen and oxygen atoms in total. The fourth-order valence-corrected chi connectivity index (χ4v) is 3.53. The molecule has 0 saturated carbocycles. The Labute approximate surface area is 135 Å². The first-order valence-corrected chi connectivity index (χ1v) is 8.10. The molecule has 7 atom stereocenters. The van der Waals surface area contributed by atoms with Crippen LogP contribution in [0.4, 0.5) is 0 Å². The first-order chi connectivity index (χ1) is 10.7. The van der Waals surface area contributed by atoms with E-state index in [-0.39, 0.29) is 0 Å². The van der Waals surface area contributed by atoms with E-state index in [1.807, 2.05) is 6.92 Å². The molecule has 2 saturated heterocycles. The molecule has 7 heteroatoms. The Morgan fingerprint density at radius 1 is 1.30 bits per heavy atom. The zero-order valence-corrected chi connectivity index (χ0v) is 13.7. The highest BCUT2D eigenvalue weighted by molar-refractivity contribution is 5.17. The van der Waals surface area contributed by atoms with Crippen molar-refractivity contribution in [3.63, 3.8) is 0 Å². The average molecular weight is 330 g/mol. The zero-order valence-electron chi connectivity index (χ0n) is 13.7. The number of hydrogen-bond donors (Lipinski definition) is 4. The highest BCUT2D eigenvalue weighted by atomic mass is 16.8. The summed E-state index contributed by atoms with van der Waals surface area (Å²) >= 11 is 0. The third kappa shape index (κ3) is 2.64. The summed E-state index contributed by atoms with van der Waals surface area (Å²) in [5.74, 6) is -1.80. The fourth-order valence-electron chi connectivity index (χ4n) is 3.53. The first kappa shape index (κ1) is 17.3. The van der Waals surface area contributed by atoms with Gasteiger partial charge in [-0.1, -0.05) is 25.5 Å². The molecule has 0 amide bonds. The van der Waals surface area contributed by atoms with Crippen LogP contribution in [0, 0.1) is 5.92 Å². The molecule has 0 aromatic carbocycles. The van der Waals surface area contributed by atoms with Gasteiger partial charge in [0.1, 0.15) is 18.3 Å². The molecule has 2 fully saturated rings. The fraction of sp³-hybridized carbons (Fsp3) is 0.875. The lowest BCUT2D eigenvalue weighted by molar-refractivity contribution is -0.479. The van der Waals surface area contributed by atoms with Crippen LogP contribution in [0.2, 0.25) is 0 Å². The summed E-state index contributed by atoms with van der Waals surface area (Å²) in [6.45, 7) is 5.55. The van der Waals surface area contributed by atoms with Crippen LogP contribution in [0.5, 0.6) is 0 Å². The van der Waals surface area contributed by atoms with Gasteiger partial charge in [-0.25, -0.2) is 0 Å². The van der Waals surface area contributed by atoms with Gasteiger partial charge < -0.3 is 34.6 Å². The molecule has 2 heterocycles. The Morgan fingerprint density at radius 2 is 2.00 bits per heavy atom. The molecule has 3 aliphatic rings. The van der Waals surface area contributed by atoms with E-state index in [9.17, 15) is 20.4 Å². The van der Waals surface area contributed by atoms with Crippen molar-refractivity contribution in [3.05, 3.63) is 11.6 Å². The maximum Gasteiger partial charge on any atom is 0.248 e. The van der Waals surface area contributed by atoms with Gasteiger partial charge >= 0.3 is 0 Å². The lowest BCUT2D eigenvalue weighted by atomic mass is 9.79. The Bertz CT molecular complexity index is 493. The van der Waals surface area contributed by atoms with Crippen molar-refractivity contribution in [1.29, 1.82) is 0 Å². The summed E-state index contributed by atoms with van der Waals surface area (Å²) in [4.78, 5) is 0. The highest BCUT2D eigenvalue weighted by Gasteiger charge is 2.64. The van der Waals surface area contributed by atoms with Crippen LogP contribution < -0.4 is 0 Å². The summed E-state index contributed by atoms with van der Waals surface area (Å²) < 4.78 is 17.2. The summed E-state index contributed by atoms with van der Waals surface area (Å²) in [5, 5.41) is 40.3. The second-order valence-electron chi connectivity index (χ2n) is 7.26. The smallest absolute Gasteiger partial charge is 0.248 e. The summed E-state index contributed by atoms with van der Waals surface area (Å²) in [6.07, 6.45) is -2.56. The topological polar surface area (TPSA) is 109 Å². The molecule has 0 aromatic heterocycles. The van der Waals surface area contributed by atoms with Crippen molar-refractivity contribution in [1.82, 2.24) is 0 Å². The Morgan fingerprint density at radius 3 is 2.61 bits per heavy atom. The van der Waals surface area contributed by atoms with E-state index in [0.717, 1.165) is 0 Å². The van der Waals surface area contributed by atoms with Gasteiger partial charge in [0.25, 0.3) is 0 Å². The zero-order chi connectivity index (χ0) is 17.0. The van der Waals surface area contributed by atoms with E-state index in [4.69, 9.17) is 14.2 Å². The molecule has 2 aliphatic heterocycles. The summed E-state index contributed by atoms with van der Waals surface area (Å²) in [7, 11) is 0. The minimum absolute atomic E-state index is 0.354. The SMILES string of the molecule is CC(C)C1=CCC2(C)OC3OC(CO)C(O)C(O)C3(O)OC2C1. The van der Waals surface area contributed by atoms with Gasteiger partial charge in [0.05, 0.1) is 18.3 Å². The molecule has 0 aromatic rings. The van der Waals surface area contributed by atoms with Crippen molar-refractivity contribution >= 4 is 0 Å². The monoisotopic (exact) mass is 330 g/mol. The summed E-state index contributed by atoms with van der Waals surface area (Å²) in [5.41, 5.74) is 0.509. The van der Waals surface area contributed by atoms with Crippen LogP contribution in [0.25, 0.3) is 0 Å². The van der Waals surface area contributed by atoms with Crippen molar-refractivity contribution < 1.29 is 34.6 Å². The Kier molecular flexibility index (Phi) is 4.34. The second kappa shape index (κ2) is 5.77. The highest BCUT2D eigenvalue weighted by Crippen LogP contribution is 2.47. The molecule has 4 N–H and O–H groups in total. The maximum absolute atomic E-state index is 10.7. The molecular weight excluding hydrogens is 304 g/mol. The molecule has 0 spiro atoms. The molecular formula is C16H26O7. The third-order valence-electron chi connectivity index (χ3n) is 5.26. The minimum Gasteiger partial charge on any atom is -0.394 e. The second-order valence-corrected chi connectivity index (χ2v) is 7.26. The number of fused-ring (bicyclic) bond motifs is 2. The van der Waals surface area contributed by atoms with Crippen LogP contribution in [0.15, 0.2) is 11.6 Å². The molecule has 0 radical (unpaired) electrons. The number of aliphatic hydroxyl groups is 4. The van der Waals surface area contributed by atoms with Gasteiger partial charge in [-0.15, -0.1) is 0 Å². The van der Waals surface area contributed by atoms with Crippen LogP contribution >= 0.6 is 0 Å². The van der Waals surface area contributed by atoms with Crippen molar-refractivity contribution in [2.75, 3.05) is 6.61 Å². The number of aliphatic hydroxyl groups excluding tert-OH is 3. The predicted molar refractivity (Wildman–Crippen MR) is 79.2 cm³/mol. The van der Waals surface area contributed by atoms with Crippen molar-refractivity contribution in [3.8, 4) is 0 Å². The standard InChI is InChI=1S/C16H26O7/c1-8(2)9-4-5-15(3)11(6-9)22-16(20)13(19)12(18)10(7-17)21-14(16)23-15/h4,8,10-14,17-20H,5-7H2,1-3H3. The lowest BCUT2D eigenvalue weighted by Crippen LogP contribution is -2.74. The largest absolute Gasteiger partial charge is 0.394 e. The van der Waals surface area contributed by atoms with Crippen LogP contribution in [-0.2, 0) is 14.2 Å². The predicted octanol–water partition coefficient (Wildman–Crippen LogP) is -0.336. The van der Waals surface area contributed by atoms with E-state index in [1.165, 1.54) is 5.57 Å². The summed E-state index contributed by atoms with van der Waals surface area (Å²) in [6, 6.07) is 0. The van der Waals surface area contributed by atoms with Gasteiger partial charge in [-0.05, 0) is 25.7 Å². The van der Waals surface area contributed by atoms with Crippen LogP contribution in [0.3, 0.4) is 0 Å². The van der Waals surface area contributed by atoms with Gasteiger partial charge in [0, 0.05) is 0 Å². The molecule has 23 heavy (non-hydrogen) atoms. The Hall–Kier alpha value is -0.540. The van der Waals surface area contributed by atoms with Gasteiger partial charge in [0.2, 0.25) is 12.1 Å². The normalized spacial score (nSPS) is 50.3. The third-order valence-corrected chi connectivity index (χ3v) is 5.26. The van der Waals surface area contributed by atoms with E-state index < -0.39 is 48.7 Å². The number of hydrogen-bond acceptors (Lipinski definition) is 7. The van der Waals surface area contributed by atoms with Crippen molar-refractivity contribution in [2.24, 2.45) is 5.92 Å². The maximum atomic E-state index is 10.7. The number of ether oxygens (including phenoxy) is 3. The quantitative estimate of drug-likeness (QED) is 0.513. The van der Waals surface area contributed by atoms with Gasteiger partial charge in [0.15, 0.2) is 0 Å². The molecule has 0 bridgehead atoms. The molecule has 3 rings (SSSR count). The average Bonchev–Trinajstić information content (AvgIpc) is 2.50. The molecule has 132 valence electrons. The van der Waals surface area contributed by atoms with E-state index in [0.29, 0.717) is 18.8 Å². The number of rotatable bonds is 2.